The molecule has 5 heteroatoms. The summed E-state index contributed by atoms with van der Waals surface area (Å²) in [6.07, 6.45) is 0.487. The molecule has 2 unspecified atom stereocenters. The lowest BCUT2D eigenvalue weighted by atomic mass is 10.00. The van der Waals surface area contributed by atoms with Gasteiger partial charge in [0.25, 0.3) is 0 Å². The lowest BCUT2D eigenvalue weighted by Crippen LogP contribution is -2.12. The van der Waals surface area contributed by atoms with E-state index in [2.05, 4.69) is 9.59 Å². The van der Waals surface area contributed by atoms with E-state index in [-0.39, 0.29) is 5.92 Å². The van der Waals surface area contributed by atoms with Gasteiger partial charge in [-0.15, -0.1) is 5.10 Å². The smallest absolute Gasteiger partial charge is 0.0967 e. The van der Waals surface area contributed by atoms with Gasteiger partial charge in [0.15, 0.2) is 0 Å². The molecule has 1 fully saturated rings. The second kappa shape index (κ2) is 3.69. The van der Waals surface area contributed by atoms with Gasteiger partial charge in [0.05, 0.1) is 23.3 Å². The zero-order valence-electron chi connectivity index (χ0n) is 7.43. The molecule has 2 rings (SSSR count). The van der Waals surface area contributed by atoms with Gasteiger partial charge >= 0.3 is 0 Å². The molecule has 4 nitrogen and oxygen atoms in total. The van der Waals surface area contributed by atoms with Gasteiger partial charge in [-0.05, 0) is 24.9 Å². The number of aryl methyl sites for hydroxylation is 1. The first-order chi connectivity index (χ1) is 6.29. The number of hydrogen-bond donors (Lipinski definition) is 1. The average Bonchev–Trinajstić information content (AvgIpc) is 2.72. The molecule has 1 aromatic heterocycles. The van der Waals surface area contributed by atoms with Crippen LogP contribution in [0, 0.1) is 12.8 Å². The zero-order valence-corrected chi connectivity index (χ0v) is 8.25. The summed E-state index contributed by atoms with van der Waals surface area (Å²) < 4.78 is 9.02. The Hall–Kier alpha value is -0.520. The third-order valence-corrected chi connectivity index (χ3v) is 3.26. The summed E-state index contributed by atoms with van der Waals surface area (Å²) in [4.78, 5) is 0.885. The molecule has 1 N–H and O–H groups in total. The predicted molar refractivity (Wildman–Crippen MR) is 48.5 cm³/mol. The van der Waals surface area contributed by atoms with Gasteiger partial charge in [-0.1, -0.05) is 4.49 Å². The van der Waals surface area contributed by atoms with Crippen LogP contribution in [0.3, 0.4) is 0 Å². The van der Waals surface area contributed by atoms with Crippen LogP contribution in [0.25, 0.3) is 0 Å². The molecule has 2 atom stereocenters. The Balaban J connectivity index is 2.12. The van der Waals surface area contributed by atoms with Crippen molar-refractivity contribution in [1.29, 1.82) is 0 Å². The number of rotatable bonds is 2. The molecule has 0 aromatic carbocycles. The number of aromatic nitrogens is 2. The van der Waals surface area contributed by atoms with Gasteiger partial charge in [-0.3, -0.25) is 0 Å². The second-order valence-electron chi connectivity index (χ2n) is 3.29. The molecule has 0 bridgehead atoms. The molecule has 0 aliphatic carbocycles. The number of hydrogen-bond acceptors (Lipinski definition) is 5. The van der Waals surface area contributed by atoms with E-state index in [0.717, 1.165) is 23.6 Å². The van der Waals surface area contributed by atoms with Gasteiger partial charge in [0, 0.05) is 12.5 Å². The Kier molecular flexibility index (Phi) is 2.57. The highest BCUT2D eigenvalue weighted by atomic mass is 32.1. The first kappa shape index (κ1) is 9.05. The van der Waals surface area contributed by atoms with Crippen molar-refractivity contribution in [1.82, 2.24) is 9.59 Å². The van der Waals surface area contributed by atoms with Crippen LogP contribution in [0.4, 0.5) is 0 Å². The van der Waals surface area contributed by atoms with Gasteiger partial charge in [0.2, 0.25) is 0 Å². The standard InChI is InChI=1S/C8H12N2O2S/c1-5-8(13-10-9-5)7(11)6-2-3-12-4-6/h6-7,11H,2-4H2,1H3. The molecule has 0 spiro atoms. The van der Waals surface area contributed by atoms with E-state index in [9.17, 15) is 5.11 Å². The van der Waals surface area contributed by atoms with E-state index in [0.29, 0.717) is 6.61 Å². The molecule has 0 radical (unpaired) electrons. The summed E-state index contributed by atoms with van der Waals surface area (Å²) >= 11 is 1.28. The van der Waals surface area contributed by atoms with Crippen molar-refractivity contribution >= 4 is 11.5 Å². The minimum absolute atomic E-state index is 0.223. The minimum atomic E-state index is -0.442. The van der Waals surface area contributed by atoms with Crippen LogP contribution in [0.15, 0.2) is 0 Å². The first-order valence-corrected chi connectivity index (χ1v) is 5.11. The summed E-state index contributed by atoms with van der Waals surface area (Å²) in [6, 6.07) is 0. The Labute approximate surface area is 80.7 Å². The topological polar surface area (TPSA) is 55.2 Å². The van der Waals surface area contributed by atoms with Gasteiger partial charge in [0.1, 0.15) is 0 Å². The second-order valence-corrected chi connectivity index (χ2v) is 4.08. The van der Waals surface area contributed by atoms with Crippen molar-refractivity contribution < 1.29 is 9.84 Å². The maximum absolute atomic E-state index is 9.94. The molecular weight excluding hydrogens is 188 g/mol. The maximum Gasteiger partial charge on any atom is 0.0967 e. The zero-order chi connectivity index (χ0) is 9.26. The van der Waals surface area contributed by atoms with Crippen molar-refractivity contribution in [3.8, 4) is 0 Å². The molecule has 72 valence electrons. The molecule has 0 saturated carbocycles. The summed E-state index contributed by atoms with van der Waals surface area (Å²) in [5, 5.41) is 13.8. The minimum Gasteiger partial charge on any atom is -0.387 e. The van der Waals surface area contributed by atoms with Crippen LogP contribution < -0.4 is 0 Å². The Morgan fingerprint density at radius 3 is 3.08 bits per heavy atom. The molecule has 13 heavy (non-hydrogen) atoms. The molecular formula is C8H12N2O2S. The molecule has 1 aromatic rings. The van der Waals surface area contributed by atoms with Crippen LogP contribution in [0.5, 0.6) is 0 Å². The van der Waals surface area contributed by atoms with Crippen LogP contribution >= 0.6 is 11.5 Å². The van der Waals surface area contributed by atoms with Crippen molar-refractivity contribution in [2.45, 2.75) is 19.4 Å². The van der Waals surface area contributed by atoms with E-state index in [1.165, 1.54) is 11.5 Å². The summed E-state index contributed by atoms with van der Waals surface area (Å²) in [5.41, 5.74) is 0.837. The number of ether oxygens (including phenoxy) is 1. The van der Waals surface area contributed by atoms with Crippen molar-refractivity contribution in [2.75, 3.05) is 13.2 Å². The van der Waals surface area contributed by atoms with Crippen LogP contribution in [0.2, 0.25) is 0 Å². The van der Waals surface area contributed by atoms with Crippen molar-refractivity contribution in [3.05, 3.63) is 10.6 Å². The van der Waals surface area contributed by atoms with E-state index in [1.807, 2.05) is 6.92 Å². The quantitative estimate of drug-likeness (QED) is 0.771. The fourth-order valence-corrected chi connectivity index (χ4v) is 2.25. The van der Waals surface area contributed by atoms with Gasteiger partial charge in [-0.25, -0.2) is 0 Å². The van der Waals surface area contributed by atoms with Crippen molar-refractivity contribution in [3.63, 3.8) is 0 Å². The van der Waals surface area contributed by atoms with E-state index in [1.54, 1.807) is 0 Å². The van der Waals surface area contributed by atoms with Crippen LogP contribution in [-0.2, 0) is 4.74 Å². The lowest BCUT2D eigenvalue weighted by Gasteiger charge is -2.14. The molecule has 2 heterocycles. The molecule has 0 amide bonds. The predicted octanol–water partition coefficient (Wildman–Crippen LogP) is 0.916. The van der Waals surface area contributed by atoms with Crippen LogP contribution in [-0.4, -0.2) is 27.9 Å². The largest absolute Gasteiger partial charge is 0.387 e. The third-order valence-electron chi connectivity index (χ3n) is 2.37. The van der Waals surface area contributed by atoms with Crippen LogP contribution in [0.1, 0.15) is 23.1 Å². The SMILES string of the molecule is Cc1nnsc1C(O)C1CCOC1. The first-order valence-electron chi connectivity index (χ1n) is 4.33. The summed E-state index contributed by atoms with van der Waals surface area (Å²) in [7, 11) is 0. The Morgan fingerprint density at radius 1 is 1.69 bits per heavy atom. The number of nitrogens with zero attached hydrogens (tertiary/aromatic N) is 2. The Morgan fingerprint density at radius 2 is 2.54 bits per heavy atom. The highest BCUT2D eigenvalue weighted by Gasteiger charge is 2.27. The summed E-state index contributed by atoms with van der Waals surface area (Å²) in [6.45, 7) is 3.28. The highest BCUT2D eigenvalue weighted by Crippen LogP contribution is 2.31. The maximum atomic E-state index is 9.94. The third kappa shape index (κ3) is 1.72. The number of aliphatic hydroxyl groups is 1. The van der Waals surface area contributed by atoms with E-state index >= 15 is 0 Å². The van der Waals surface area contributed by atoms with E-state index < -0.39 is 6.10 Å². The Bertz CT molecular complexity index is 283. The lowest BCUT2D eigenvalue weighted by molar-refractivity contribution is 0.0939. The van der Waals surface area contributed by atoms with Crippen molar-refractivity contribution in [2.24, 2.45) is 5.92 Å². The highest BCUT2D eigenvalue weighted by molar-refractivity contribution is 7.05. The fraction of sp³-hybridized carbons (Fsp3) is 0.750. The molecule has 1 saturated heterocycles. The normalized spacial score (nSPS) is 24.9. The summed E-state index contributed by atoms with van der Waals surface area (Å²) in [5.74, 6) is 0.223. The molecule has 1 aliphatic rings. The molecule has 1 aliphatic heterocycles. The number of aliphatic hydroxyl groups excluding tert-OH is 1. The van der Waals surface area contributed by atoms with Gasteiger partial charge in [-0.2, -0.15) is 0 Å². The monoisotopic (exact) mass is 200 g/mol. The van der Waals surface area contributed by atoms with Gasteiger partial charge < -0.3 is 9.84 Å². The fourth-order valence-electron chi connectivity index (χ4n) is 1.52. The van der Waals surface area contributed by atoms with E-state index in [4.69, 9.17) is 4.74 Å². The average molecular weight is 200 g/mol.